The van der Waals surface area contributed by atoms with Crippen molar-refractivity contribution in [1.29, 1.82) is 0 Å². The van der Waals surface area contributed by atoms with Crippen molar-refractivity contribution in [2.24, 2.45) is 0 Å². The summed E-state index contributed by atoms with van der Waals surface area (Å²) in [5, 5.41) is 7.84. The number of halogens is 1. The van der Waals surface area contributed by atoms with Crippen molar-refractivity contribution < 1.29 is 31.3 Å². The first-order valence-corrected chi connectivity index (χ1v) is 7.47. The third-order valence-corrected chi connectivity index (χ3v) is 3.52. The summed E-state index contributed by atoms with van der Waals surface area (Å²) in [5.74, 6) is -3.37. The lowest BCUT2D eigenvalue weighted by Gasteiger charge is -2.47. The first-order chi connectivity index (χ1) is 11.1. The normalized spacial score (nSPS) is 12.4. The highest BCUT2D eigenvalue weighted by molar-refractivity contribution is 5.95. The van der Waals surface area contributed by atoms with Gasteiger partial charge in [-0.2, -0.15) is 0 Å². The molecule has 0 aliphatic rings. The zero-order chi connectivity index (χ0) is 19.0. The molecule has 1 atom stereocenters. The zero-order valence-electron chi connectivity index (χ0n) is 15.0. The number of hydrogen-bond acceptors (Lipinski definition) is 3. The molecule has 0 saturated carbocycles. The molecule has 25 heavy (non-hydrogen) atoms. The topological polar surface area (TPSA) is 87.3 Å². The van der Waals surface area contributed by atoms with Crippen molar-refractivity contribution in [2.75, 3.05) is 13.6 Å². The van der Waals surface area contributed by atoms with Crippen LogP contribution in [-0.2, 0) is 14.4 Å². The summed E-state index contributed by atoms with van der Waals surface area (Å²) in [6.07, 6.45) is 4.30. The van der Waals surface area contributed by atoms with Gasteiger partial charge in [-0.25, -0.2) is 4.48 Å². The van der Waals surface area contributed by atoms with Gasteiger partial charge in [0.25, 0.3) is 17.7 Å². The van der Waals surface area contributed by atoms with Gasteiger partial charge in [-0.15, -0.1) is 0 Å². The second-order valence-electron chi connectivity index (χ2n) is 5.51. The van der Waals surface area contributed by atoms with Crippen LogP contribution in [0.2, 0.25) is 0 Å². The Morgan fingerprint density at radius 1 is 1.04 bits per heavy atom. The van der Waals surface area contributed by atoms with Crippen LogP contribution in [0.3, 0.4) is 0 Å². The fourth-order valence-electron chi connectivity index (χ4n) is 2.07. The fourth-order valence-corrected chi connectivity index (χ4v) is 2.07. The van der Waals surface area contributed by atoms with Crippen molar-refractivity contribution in [3.8, 4) is 0 Å². The van der Waals surface area contributed by atoms with Crippen LogP contribution in [-0.4, -0.2) is 41.7 Å². The average molecular weight is 371 g/mol. The van der Waals surface area contributed by atoms with Crippen LogP contribution in [0.25, 0.3) is 0 Å². The van der Waals surface area contributed by atoms with Gasteiger partial charge in [-0.3, -0.25) is 30.3 Å². The highest BCUT2D eigenvalue weighted by Crippen LogP contribution is 2.19. The minimum absolute atomic E-state index is 0. The summed E-state index contributed by atoms with van der Waals surface area (Å²) in [4.78, 5) is 36.2. The SMILES string of the molecule is C=CC(=O)NC(NC(=O)C=C)(NC(=O)C(=C)C)[N+](C)(C=C)CCC.[Cl-]. The quantitative estimate of drug-likeness (QED) is 0.234. The Hall–Kier alpha value is -2.38. The molecule has 0 aromatic rings. The third kappa shape index (κ3) is 6.21. The number of nitrogens with zero attached hydrogens (tertiary/aromatic N) is 1. The minimum Gasteiger partial charge on any atom is -1.00 e. The molecule has 0 fully saturated rings. The lowest BCUT2D eigenvalue weighted by molar-refractivity contribution is -0.922. The van der Waals surface area contributed by atoms with Crippen LogP contribution in [0.4, 0.5) is 0 Å². The summed E-state index contributed by atoms with van der Waals surface area (Å²) >= 11 is 0. The number of rotatable bonds is 10. The van der Waals surface area contributed by atoms with Gasteiger partial charge in [0.2, 0.25) is 0 Å². The number of hydrogen-bond donors (Lipinski definition) is 3. The zero-order valence-corrected chi connectivity index (χ0v) is 15.8. The number of carbonyl (C=O) groups excluding carboxylic acids is 3. The monoisotopic (exact) mass is 370 g/mol. The van der Waals surface area contributed by atoms with E-state index in [4.69, 9.17) is 0 Å². The third-order valence-electron chi connectivity index (χ3n) is 3.52. The van der Waals surface area contributed by atoms with Crippen molar-refractivity contribution in [3.63, 3.8) is 0 Å². The van der Waals surface area contributed by atoms with Gasteiger partial charge in [0.15, 0.2) is 0 Å². The minimum atomic E-state index is -1.68. The molecule has 0 heterocycles. The largest absolute Gasteiger partial charge is 1.00 e. The molecular weight excluding hydrogens is 344 g/mol. The Morgan fingerprint density at radius 3 is 1.76 bits per heavy atom. The van der Waals surface area contributed by atoms with Gasteiger partial charge in [0, 0.05) is 5.57 Å². The molecule has 0 aromatic carbocycles. The van der Waals surface area contributed by atoms with Crippen LogP contribution < -0.4 is 28.4 Å². The lowest BCUT2D eigenvalue weighted by Crippen LogP contribution is -3.00. The van der Waals surface area contributed by atoms with Crippen LogP contribution in [0.1, 0.15) is 20.3 Å². The van der Waals surface area contributed by atoms with E-state index < -0.39 is 23.6 Å². The lowest BCUT2D eigenvalue weighted by atomic mass is 10.2. The smallest absolute Gasteiger partial charge is 0.348 e. The van der Waals surface area contributed by atoms with Crippen molar-refractivity contribution >= 4 is 17.7 Å². The van der Waals surface area contributed by atoms with E-state index in [1.807, 2.05) is 6.92 Å². The number of nitrogens with one attached hydrogen (secondary N) is 3. The number of amides is 3. The Bertz CT molecular complexity index is 552. The van der Waals surface area contributed by atoms with Crippen molar-refractivity contribution in [3.05, 3.63) is 50.2 Å². The van der Waals surface area contributed by atoms with Gasteiger partial charge in [-0.05, 0) is 32.1 Å². The van der Waals surface area contributed by atoms with Crippen molar-refractivity contribution in [2.45, 2.75) is 26.2 Å². The van der Waals surface area contributed by atoms with E-state index in [9.17, 15) is 14.4 Å². The molecule has 0 rings (SSSR count). The van der Waals surface area contributed by atoms with E-state index in [1.165, 1.54) is 13.1 Å². The van der Waals surface area contributed by atoms with Gasteiger partial charge in [-0.1, -0.05) is 26.7 Å². The van der Waals surface area contributed by atoms with E-state index in [0.717, 1.165) is 12.2 Å². The summed E-state index contributed by atoms with van der Waals surface area (Å²) in [6, 6.07) is 0. The standard InChI is InChI=1S/C17H26N4O3.ClH/c1-8-12-21(7,11-4)17(18-14(22)9-2,19-15(23)10-3)20-16(24)13(5)6;/h9-11H,2-5,8,12H2,1,6-7H3,(H2-,18,19,20,22,23,24);1H. The molecule has 0 bridgehead atoms. The molecule has 140 valence electrons. The van der Waals surface area contributed by atoms with Gasteiger partial charge >= 0.3 is 5.91 Å². The first-order valence-electron chi connectivity index (χ1n) is 7.47. The molecule has 0 radical (unpaired) electrons. The van der Waals surface area contributed by atoms with Crippen LogP contribution >= 0.6 is 0 Å². The fraction of sp³-hybridized carbons (Fsp3) is 0.353. The van der Waals surface area contributed by atoms with Crippen LogP contribution in [0.15, 0.2) is 50.2 Å². The molecule has 0 aromatic heterocycles. The molecule has 1 unspecified atom stereocenters. The molecule has 7 nitrogen and oxygen atoms in total. The van der Waals surface area contributed by atoms with Crippen LogP contribution in [0.5, 0.6) is 0 Å². The van der Waals surface area contributed by atoms with Gasteiger partial charge in [0.1, 0.15) is 0 Å². The molecule has 0 spiro atoms. The Labute approximate surface area is 155 Å². The summed E-state index contributed by atoms with van der Waals surface area (Å²) in [6.45, 7) is 18.1. The maximum absolute atomic E-state index is 12.3. The number of quaternary nitrogens is 1. The molecule has 3 N–H and O–H groups in total. The summed E-state index contributed by atoms with van der Waals surface area (Å²) < 4.78 is -0.0956. The van der Waals surface area contributed by atoms with E-state index in [-0.39, 0.29) is 22.5 Å². The number of carbonyl (C=O) groups is 3. The van der Waals surface area contributed by atoms with Crippen LogP contribution in [0, 0.1) is 0 Å². The highest BCUT2D eigenvalue weighted by Gasteiger charge is 2.50. The van der Waals surface area contributed by atoms with Gasteiger partial charge < -0.3 is 12.4 Å². The van der Waals surface area contributed by atoms with E-state index in [1.54, 1.807) is 7.05 Å². The average Bonchev–Trinajstić information content (AvgIpc) is 2.53. The van der Waals surface area contributed by atoms with E-state index in [0.29, 0.717) is 13.0 Å². The van der Waals surface area contributed by atoms with Gasteiger partial charge in [0.05, 0.1) is 19.8 Å². The second kappa shape index (κ2) is 10.5. The predicted octanol–water partition coefficient (Wildman–Crippen LogP) is -2.10. The molecular formula is C17H27ClN4O3. The Kier molecular flexibility index (Phi) is 10.4. The molecule has 3 amide bonds. The summed E-state index contributed by atoms with van der Waals surface area (Å²) in [7, 11) is 1.71. The molecule has 0 aliphatic carbocycles. The maximum Gasteiger partial charge on any atom is 0.348 e. The first kappa shape index (κ1) is 24.9. The highest BCUT2D eigenvalue weighted by atomic mass is 35.5. The Morgan fingerprint density at radius 2 is 1.48 bits per heavy atom. The van der Waals surface area contributed by atoms with E-state index in [2.05, 4.69) is 42.3 Å². The molecule has 0 aliphatic heterocycles. The molecule has 8 heteroatoms. The Balaban J connectivity index is 0. The second-order valence-corrected chi connectivity index (χ2v) is 5.51. The summed E-state index contributed by atoms with van der Waals surface area (Å²) in [5.41, 5.74) is 0.215. The van der Waals surface area contributed by atoms with Crippen molar-refractivity contribution in [1.82, 2.24) is 16.0 Å². The van der Waals surface area contributed by atoms with E-state index >= 15 is 0 Å². The predicted molar refractivity (Wildman–Crippen MR) is 93.9 cm³/mol. The molecule has 0 saturated heterocycles. The maximum atomic E-state index is 12.3.